The van der Waals surface area contributed by atoms with Gasteiger partial charge in [-0.1, -0.05) is 54.6 Å². The molecule has 0 aliphatic heterocycles. The van der Waals surface area contributed by atoms with E-state index in [-0.39, 0.29) is 22.9 Å². The molecule has 1 aliphatic carbocycles. The van der Waals surface area contributed by atoms with E-state index in [1.807, 2.05) is 24.3 Å². The molecule has 7 heteroatoms. The van der Waals surface area contributed by atoms with Crippen LogP contribution in [0.1, 0.15) is 24.8 Å². The molecular weight excluding hydrogens is 422 g/mol. The monoisotopic (exact) mass is 449 g/mol. The van der Waals surface area contributed by atoms with Gasteiger partial charge in [0, 0.05) is 18.3 Å². The number of anilines is 2. The van der Waals surface area contributed by atoms with Gasteiger partial charge in [0.2, 0.25) is 5.91 Å². The smallest absolute Gasteiger partial charge is 0.264 e. The number of hydrogen-bond acceptors (Lipinski definition) is 4. The third-order valence-electron chi connectivity index (χ3n) is 6.02. The molecule has 3 aromatic rings. The van der Waals surface area contributed by atoms with Crippen LogP contribution in [-0.4, -0.2) is 27.9 Å². The summed E-state index contributed by atoms with van der Waals surface area (Å²) in [5.41, 5.74) is 2.04. The largest absolute Gasteiger partial charge is 0.325 e. The van der Waals surface area contributed by atoms with Crippen molar-refractivity contribution in [3.05, 3.63) is 90.5 Å². The Morgan fingerprint density at radius 2 is 1.59 bits per heavy atom. The summed E-state index contributed by atoms with van der Waals surface area (Å²) in [6.07, 6.45) is 3.10. The van der Waals surface area contributed by atoms with Gasteiger partial charge in [0.05, 0.1) is 17.1 Å². The van der Waals surface area contributed by atoms with Crippen LogP contribution >= 0.6 is 0 Å². The van der Waals surface area contributed by atoms with Gasteiger partial charge >= 0.3 is 0 Å². The maximum atomic E-state index is 13.0. The molecule has 2 N–H and O–H groups in total. The molecule has 0 atom stereocenters. The highest BCUT2D eigenvalue weighted by Crippen LogP contribution is 2.40. The van der Waals surface area contributed by atoms with E-state index >= 15 is 0 Å². The van der Waals surface area contributed by atoms with Crippen molar-refractivity contribution in [1.29, 1.82) is 0 Å². The molecule has 0 radical (unpaired) electrons. The van der Waals surface area contributed by atoms with Gasteiger partial charge in [-0.2, -0.15) is 0 Å². The molecule has 3 aromatic carbocycles. The molecule has 32 heavy (non-hydrogen) atoms. The van der Waals surface area contributed by atoms with Gasteiger partial charge in [0.1, 0.15) is 0 Å². The maximum absolute atomic E-state index is 13.0. The maximum Gasteiger partial charge on any atom is 0.264 e. The van der Waals surface area contributed by atoms with Crippen LogP contribution in [0.3, 0.4) is 0 Å². The summed E-state index contributed by atoms with van der Waals surface area (Å²) in [6, 6.07) is 25.4. The summed E-state index contributed by atoms with van der Waals surface area (Å²) in [7, 11) is -2.23. The minimum atomic E-state index is -3.75. The fourth-order valence-electron chi connectivity index (χ4n) is 3.98. The summed E-state index contributed by atoms with van der Waals surface area (Å²) in [5.74, 6) is -0.210. The van der Waals surface area contributed by atoms with Crippen LogP contribution in [0.15, 0.2) is 89.8 Å². The molecule has 0 spiro atoms. The molecule has 0 heterocycles. The fourth-order valence-corrected chi connectivity index (χ4v) is 5.22. The summed E-state index contributed by atoms with van der Waals surface area (Å²) in [4.78, 5) is 12.7. The van der Waals surface area contributed by atoms with Crippen molar-refractivity contribution in [3.63, 3.8) is 0 Å². The van der Waals surface area contributed by atoms with Crippen molar-refractivity contribution in [2.45, 2.75) is 29.7 Å². The van der Waals surface area contributed by atoms with Gasteiger partial charge in [-0.05, 0) is 55.2 Å². The number of nitrogens with one attached hydrogen (secondary N) is 2. The van der Waals surface area contributed by atoms with E-state index in [1.54, 1.807) is 36.4 Å². The number of para-hydroxylation sites is 1. The summed E-state index contributed by atoms with van der Waals surface area (Å²) >= 11 is 0. The number of hydrogen-bond donors (Lipinski definition) is 2. The Hall–Kier alpha value is -3.16. The molecule has 0 unspecified atom stereocenters. The van der Waals surface area contributed by atoms with Crippen LogP contribution in [0.2, 0.25) is 0 Å². The predicted octanol–water partition coefficient (Wildman–Crippen LogP) is 4.12. The van der Waals surface area contributed by atoms with Crippen molar-refractivity contribution in [2.24, 2.45) is 0 Å². The number of sulfonamides is 1. The van der Waals surface area contributed by atoms with E-state index in [9.17, 15) is 13.2 Å². The zero-order valence-electron chi connectivity index (χ0n) is 18.0. The first-order chi connectivity index (χ1) is 15.4. The lowest BCUT2D eigenvalue weighted by atomic mass is 9.72. The van der Waals surface area contributed by atoms with E-state index in [0.717, 1.165) is 19.3 Å². The predicted molar refractivity (Wildman–Crippen MR) is 127 cm³/mol. The van der Waals surface area contributed by atoms with Gasteiger partial charge in [0.25, 0.3) is 10.0 Å². The third-order valence-corrected chi connectivity index (χ3v) is 7.80. The lowest BCUT2D eigenvalue weighted by Crippen LogP contribution is -2.50. The molecule has 1 aliphatic rings. The molecule has 0 bridgehead atoms. The molecule has 0 saturated heterocycles. The minimum absolute atomic E-state index is 0.120. The molecule has 1 amide bonds. The molecular formula is C25H27N3O3S. The highest BCUT2D eigenvalue weighted by Gasteiger charge is 2.38. The van der Waals surface area contributed by atoms with Gasteiger partial charge < -0.3 is 5.32 Å². The first kappa shape index (κ1) is 22.0. The second-order valence-electron chi connectivity index (χ2n) is 8.04. The van der Waals surface area contributed by atoms with Crippen molar-refractivity contribution >= 4 is 27.3 Å². The second kappa shape index (κ2) is 9.14. The molecule has 6 nitrogen and oxygen atoms in total. The molecule has 4 rings (SSSR count). The Morgan fingerprint density at radius 3 is 2.22 bits per heavy atom. The summed E-state index contributed by atoms with van der Waals surface area (Å²) in [6.45, 7) is 0.149. The quantitative estimate of drug-likeness (QED) is 0.542. The van der Waals surface area contributed by atoms with Crippen molar-refractivity contribution < 1.29 is 13.2 Å². The summed E-state index contributed by atoms with van der Waals surface area (Å²) in [5, 5.41) is 6.24. The van der Waals surface area contributed by atoms with E-state index in [2.05, 4.69) is 22.8 Å². The van der Waals surface area contributed by atoms with Crippen molar-refractivity contribution in [1.82, 2.24) is 5.32 Å². The second-order valence-corrected chi connectivity index (χ2v) is 10.0. The van der Waals surface area contributed by atoms with Gasteiger partial charge in [0.15, 0.2) is 0 Å². The highest BCUT2D eigenvalue weighted by molar-refractivity contribution is 7.92. The average Bonchev–Trinajstić information content (AvgIpc) is 2.79. The number of carbonyl (C=O) groups excluding carboxylic acids is 1. The van der Waals surface area contributed by atoms with E-state index < -0.39 is 10.0 Å². The van der Waals surface area contributed by atoms with Crippen LogP contribution < -0.4 is 14.9 Å². The zero-order valence-corrected chi connectivity index (χ0v) is 18.8. The molecule has 1 fully saturated rings. The van der Waals surface area contributed by atoms with Gasteiger partial charge in [-0.25, -0.2) is 8.42 Å². The Kier molecular flexibility index (Phi) is 6.30. The number of rotatable bonds is 8. The minimum Gasteiger partial charge on any atom is -0.325 e. The van der Waals surface area contributed by atoms with Crippen molar-refractivity contribution in [3.8, 4) is 0 Å². The zero-order chi connectivity index (χ0) is 22.6. The summed E-state index contributed by atoms with van der Waals surface area (Å²) < 4.78 is 27.3. The molecule has 1 saturated carbocycles. The Labute approximate surface area is 189 Å². The van der Waals surface area contributed by atoms with Gasteiger partial charge in [-0.3, -0.25) is 14.4 Å². The Morgan fingerprint density at radius 1 is 0.938 bits per heavy atom. The normalized spacial score (nSPS) is 14.9. The van der Waals surface area contributed by atoms with Crippen LogP contribution in [0, 0.1) is 0 Å². The lowest BCUT2D eigenvalue weighted by Gasteiger charge is -2.43. The number of benzene rings is 3. The van der Waals surface area contributed by atoms with Gasteiger partial charge in [-0.15, -0.1) is 0 Å². The number of carbonyl (C=O) groups is 1. The van der Waals surface area contributed by atoms with Crippen LogP contribution in [0.25, 0.3) is 0 Å². The van der Waals surface area contributed by atoms with Crippen LogP contribution in [0.4, 0.5) is 11.4 Å². The number of amides is 1. The van der Waals surface area contributed by atoms with Crippen LogP contribution in [0.5, 0.6) is 0 Å². The molecule has 0 aromatic heterocycles. The van der Waals surface area contributed by atoms with E-state index in [0.29, 0.717) is 11.4 Å². The Balaban J connectivity index is 1.43. The van der Waals surface area contributed by atoms with Crippen molar-refractivity contribution in [2.75, 3.05) is 23.2 Å². The molecule has 166 valence electrons. The van der Waals surface area contributed by atoms with E-state index in [4.69, 9.17) is 0 Å². The lowest BCUT2D eigenvalue weighted by molar-refractivity contribution is -0.116. The SMILES string of the molecule is CN(c1ccccc1)S(=O)(=O)c1cccc(NC(=O)CNC2(c3ccccc3)CCC2)c1. The first-order valence-electron chi connectivity index (χ1n) is 10.7. The number of nitrogens with zero attached hydrogens (tertiary/aromatic N) is 1. The van der Waals surface area contributed by atoms with E-state index in [1.165, 1.54) is 29.0 Å². The third kappa shape index (κ3) is 4.54. The Bertz CT molecular complexity index is 1180. The highest BCUT2D eigenvalue weighted by atomic mass is 32.2. The standard InChI is InChI=1S/C25H27N3O3S/c1-28(22-13-6-3-7-14-22)32(30,31)23-15-8-12-21(18-23)27-24(29)19-26-25(16-9-17-25)20-10-4-2-5-11-20/h2-8,10-15,18,26H,9,16-17,19H2,1H3,(H,27,29). The average molecular weight is 450 g/mol. The topological polar surface area (TPSA) is 78.5 Å². The fraction of sp³-hybridized carbons (Fsp3) is 0.240. The van der Waals surface area contributed by atoms with Crippen LogP contribution in [-0.2, 0) is 20.4 Å². The first-order valence-corrected chi connectivity index (χ1v) is 12.1.